The first-order chi connectivity index (χ1) is 13.9. The second-order valence-electron chi connectivity index (χ2n) is 7.12. The van der Waals surface area contributed by atoms with E-state index in [2.05, 4.69) is 33.6 Å². The van der Waals surface area contributed by atoms with Gasteiger partial charge in [-0.1, -0.05) is 12.1 Å². The Morgan fingerprint density at radius 2 is 1.97 bits per heavy atom. The Bertz CT molecular complexity index is 995. The summed E-state index contributed by atoms with van der Waals surface area (Å²) < 4.78 is 6.90. The predicted octanol–water partition coefficient (Wildman–Crippen LogP) is 3.53. The third-order valence-electron chi connectivity index (χ3n) is 4.91. The van der Waals surface area contributed by atoms with Crippen molar-refractivity contribution in [1.29, 1.82) is 0 Å². The van der Waals surface area contributed by atoms with Crippen LogP contribution in [0.25, 0.3) is 5.69 Å². The highest BCUT2D eigenvalue weighted by molar-refractivity contribution is 6.04. The SMILES string of the molecule is COCCN(C)c1ccc(NC(=O)c2cnn(-c3cc(C)ccc3C)c2C)nc1. The van der Waals surface area contributed by atoms with E-state index >= 15 is 0 Å². The predicted molar refractivity (Wildman–Crippen MR) is 115 cm³/mol. The van der Waals surface area contributed by atoms with E-state index in [1.54, 1.807) is 30.3 Å². The van der Waals surface area contributed by atoms with Crippen LogP contribution in [0.3, 0.4) is 0 Å². The molecule has 0 spiro atoms. The second kappa shape index (κ2) is 8.87. The number of ether oxygens (including phenoxy) is 1. The monoisotopic (exact) mass is 393 g/mol. The summed E-state index contributed by atoms with van der Waals surface area (Å²) in [5, 5.41) is 7.29. The van der Waals surface area contributed by atoms with E-state index < -0.39 is 0 Å². The van der Waals surface area contributed by atoms with E-state index in [0.717, 1.165) is 34.7 Å². The Hall–Kier alpha value is -3.19. The number of nitrogens with one attached hydrogen (secondary N) is 1. The summed E-state index contributed by atoms with van der Waals surface area (Å²) in [5.74, 6) is 0.268. The minimum absolute atomic E-state index is 0.230. The minimum Gasteiger partial charge on any atom is -0.383 e. The first kappa shape index (κ1) is 20.5. The van der Waals surface area contributed by atoms with Crippen molar-refractivity contribution in [2.75, 3.05) is 37.5 Å². The Morgan fingerprint density at radius 3 is 2.66 bits per heavy atom. The second-order valence-corrected chi connectivity index (χ2v) is 7.12. The van der Waals surface area contributed by atoms with Crippen LogP contribution in [-0.2, 0) is 4.74 Å². The third kappa shape index (κ3) is 4.63. The fourth-order valence-electron chi connectivity index (χ4n) is 3.05. The maximum atomic E-state index is 12.8. The lowest BCUT2D eigenvalue weighted by Gasteiger charge is -2.18. The van der Waals surface area contributed by atoms with Crippen LogP contribution < -0.4 is 10.2 Å². The molecule has 7 heteroatoms. The van der Waals surface area contributed by atoms with Gasteiger partial charge in [0.05, 0.1) is 41.6 Å². The zero-order valence-corrected chi connectivity index (χ0v) is 17.6. The fourth-order valence-corrected chi connectivity index (χ4v) is 3.05. The van der Waals surface area contributed by atoms with Gasteiger partial charge in [-0.3, -0.25) is 4.79 Å². The average molecular weight is 393 g/mol. The number of benzene rings is 1. The van der Waals surface area contributed by atoms with E-state index in [1.165, 1.54) is 0 Å². The van der Waals surface area contributed by atoms with Crippen LogP contribution in [0.1, 0.15) is 27.2 Å². The number of methoxy groups -OCH3 is 1. The maximum absolute atomic E-state index is 12.8. The summed E-state index contributed by atoms with van der Waals surface area (Å²) in [4.78, 5) is 19.2. The molecule has 0 bridgehead atoms. The number of nitrogens with zero attached hydrogens (tertiary/aromatic N) is 4. The van der Waals surface area contributed by atoms with Crippen molar-refractivity contribution in [3.63, 3.8) is 0 Å². The van der Waals surface area contributed by atoms with E-state index in [0.29, 0.717) is 18.0 Å². The number of likely N-dealkylation sites (N-methyl/N-ethyl adjacent to an activating group) is 1. The van der Waals surface area contributed by atoms with E-state index in [1.807, 2.05) is 38.8 Å². The number of rotatable bonds is 7. The lowest BCUT2D eigenvalue weighted by Crippen LogP contribution is -2.22. The third-order valence-corrected chi connectivity index (χ3v) is 4.91. The summed E-state index contributed by atoms with van der Waals surface area (Å²) in [6, 6.07) is 9.90. The molecule has 152 valence electrons. The van der Waals surface area contributed by atoms with Gasteiger partial charge in [0, 0.05) is 20.7 Å². The maximum Gasteiger partial charge on any atom is 0.260 e. The molecular formula is C22H27N5O2. The van der Waals surface area contributed by atoms with Gasteiger partial charge >= 0.3 is 0 Å². The number of carbonyl (C=O) groups excluding carboxylic acids is 1. The van der Waals surface area contributed by atoms with Gasteiger partial charge in [0.2, 0.25) is 0 Å². The number of aromatic nitrogens is 3. The number of pyridine rings is 1. The number of carbonyl (C=O) groups is 1. The van der Waals surface area contributed by atoms with Crippen LogP contribution in [0.15, 0.2) is 42.7 Å². The molecule has 0 aliphatic heterocycles. The fraction of sp³-hybridized carbons (Fsp3) is 0.318. The highest BCUT2D eigenvalue weighted by Crippen LogP contribution is 2.20. The molecule has 1 amide bonds. The number of hydrogen-bond acceptors (Lipinski definition) is 5. The average Bonchev–Trinajstić information content (AvgIpc) is 3.09. The zero-order valence-electron chi connectivity index (χ0n) is 17.6. The molecular weight excluding hydrogens is 366 g/mol. The van der Waals surface area contributed by atoms with Gasteiger partial charge in [0.25, 0.3) is 5.91 Å². The van der Waals surface area contributed by atoms with Crippen LogP contribution in [0.5, 0.6) is 0 Å². The molecule has 0 unspecified atom stereocenters. The zero-order chi connectivity index (χ0) is 21.0. The molecule has 1 aromatic carbocycles. The van der Waals surface area contributed by atoms with E-state index in [4.69, 9.17) is 4.74 Å². The van der Waals surface area contributed by atoms with Crippen LogP contribution in [0.4, 0.5) is 11.5 Å². The first-order valence-corrected chi connectivity index (χ1v) is 9.50. The van der Waals surface area contributed by atoms with Crippen molar-refractivity contribution >= 4 is 17.4 Å². The highest BCUT2D eigenvalue weighted by Gasteiger charge is 2.17. The molecule has 3 aromatic rings. The first-order valence-electron chi connectivity index (χ1n) is 9.50. The molecule has 0 aliphatic carbocycles. The molecule has 0 fully saturated rings. The van der Waals surface area contributed by atoms with Gasteiger partial charge in [-0.25, -0.2) is 9.67 Å². The minimum atomic E-state index is -0.230. The number of hydrogen-bond donors (Lipinski definition) is 1. The number of anilines is 2. The van der Waals surface area contributed by atoms with Crippen LogP contribution >= 0.6 is 0 Å². The van der Waals surface area contributed by atoms with Gasteiger partial charge in [0.15, 0.2) is 0 Å². The summed E-state index contributed by atoms with van der Waals surface area (Å²) in [7, 11) is 3.65. The lowest BCUT2D eigenvalue weighted by molar-refractivity contribution is 0.102. The van der Waals surface area contributed by atoms with Crippen molar-refractivity contribution in [2.24, 2.45) is 0 Å². The van der Waals surface area contributed by atoms with Gasteiger partial charge in [-0.15, -0.1) is 0 Å². The van der Waals surface area contributed by atoms with Crippen LogP contribution in [0, 0.1) is 20.8 Å². The van der Waals surface area contributed by atoms with Crippen LogP contribution in [0.2, 0.25) is 0 Å². The standard InChI is InChI=1S/C22H27N5O2/c1-15-6-7-16(2)20(12-15)27-17(3)19(14-24-27)22(28)25-21-9-8-18(13-23-21)26(4)10-11-29-5/h6-9,12-14H,10-11H2,1-5H3,(H,23,25,28). The molecule has 7 nitrogen and oxygen atoms in total. The van der Waals surface area contributed by atoms with Gasteiger partial charge < -0.3 is 15.0 Å². The van der Waals surface area contributed by atoms with Crippen molar-refractivity contribution in [3.8, 4) is 5.69 Å². The highest BCUT2D eigenvalue weighted by atomic mass is 16.5. The molecule has 3 rings (SSSR count). The Kier molecular flexibility index (Phi) is 6.29. The molecule has 0 aliphatic rings. The van der Waals surface area contributed by atoms with Crippen LogP contribution in [-0.4, -0.2) is 48.0 Å². The number of aryl methyl sites for hydroxylation is 2. The Labute approximate surface area is 171 Å². The van der Waals surface area contributed by atoms with Crippen molar-refractivity contribution in [3.05, 3.63) is 65.1 Å². The molecule has 0 radical (unpaired) electrons. The lowest BCUT2D eigenvalue weighted by atomic mass is 10.1. The van der Waals surface area contributed by atoms with E-state index in [-0.39, 0.29) is 5.91 Å². The molecule has 0 saturated heterocycles. The topological polar surface area (TPSA) is 72.3 Å². The molecule has 1 N–H and O–H groups in total. The van der Waals surface area contributed by atoms with Gasteiger partial charge in [-0.05, 0) is 50.1 Å². The van der Waals surface area contributed by atoms with Gasteiger partial charge in [0.1, 0.15) is 5.82 Å². The van der Waals surface area contributed by atoms with E-state index in [9.17, 15) is 4.79 Å². The quantitative estimate of drug-likeness (QED) is 0.665. The summed E-state index contributed by atoms with van der Waals surface area (Å²) in [6.45, 7) is 7.37. The molecule has 0 atom stereocenters. The number of amides is 1. The van der Waals surface area contributed by atoms with Crippen molar-refractivity contribution in [1.82, 2.24) is 14.8 Å². The molecule has 2 heterocycles. The van der Waals surface area contributed by atoms with Crippen molar-refractivity contribution in [2.45, 2.75) is 20.8 Å². The normalized spacial score (nSPS) is 10.8. The molecule has 0 saturated carbocycles. The summed E-state index contributed by atoms with van der Waals surface area (Å²) in [6.07, 6.45) is 3.33. The molecule has 2 aromatic heterocycles. The summed E-state index contributed by atoms with van der Waals surface area (Å²) in [5.41, 5.74) is 5.48. The van der Waals surface area contributed by atoms with Gasteiger partial charge in [-0.2, -0.15) is 5.10 Å². The van der Waals surface area contributed by atoms with Crippen molar-refractivity contribution < 1.29 is 9.53 Å². The Morgan fingerprint density at radius 1 is 1.17 bits per heavy atom. The summed E-state index contributed by atoms with van der Waals surface area (Å²) >= 11 is 0. The largest absolute Gasteiger partial charge is 0.383 e. The Balaban J connectivity index is 1.75. The smallest absolute Gasteiger partial charge is 0.260 e. The molecule has 29 heavy (non-hydrogen) atoms.